The minimum atomic E-state index is -3.63. The molecule has 0 aliphatic carbocycles. The lowest BCUT2D eigenvalue weighted by Gasteiger charge is -2.30. The second-order valence-electron chi connectivity index (χ2n) is 7.88. The van der Waals surface area contributed by atoms with Gasteiger partial charge in [0.2, 0.25) is 15.9 Å². The van der Waals surface area contributed by atoms with E-state index in [4.69, 9.17) is 0 Å². The molecule has 0 atom stereocenters. The third-order valence-electron chi connectivity index (χ3n) is 5.52. The average Bonchev–Trinajstić information content (AvgIpc) is 2.72. The number of hydrogen-bond donors (Lipinski definition) is 2. The number of fused-ring (bicyclic) bond motifs is 1. The van der Waals surface area contributed by atoms with E-state index in [1.807, 2.05) is 24.3 Å². The molecule has 0 radical (unpaired) electrons. The highest BCUT2D eigenvalue weighted by Gasteiger charge is 2.16. The number of sulfonamides is 1. The van der Waals surface area contributed by atoms with Crippen molar-refractivity contribution in [2.75, 3.05) is 32.7 Å². The van der Waals surface area contributed by atoms with Crippen LogP contribution >= 0.6 is 0 Å². The molecule has 0 unspecified atom stereocenters. The van der Waals surface area contributed by atoms with E-state index in [1.165, 1.54) is 12.8 Å². The molecule has 2 N–H and O–H groups in total. The van der Waals surface area contributed by atoms with Crippen LogP contribution in [0, 0.1) is 5.92 Å². The molecule has 3 rings (SSSR count). The van der Waals surface area contributed by atoms with Crippen LogP contribution in [0.25, 0.3) is 10.8 Å². The summed E-state index contributed by atoms with van der Waals surface area (Å²) in [5, 5.41) is 4.74. The van der Waals surface area contributed by atoms with Gasteiger partial charge in [-0.3, -0.25) is 4.79 Å². The summed E-state index contributed by atoms with van der Waals surface area (Å²) >= 11 is 0. The predicted octanol–water partition coefficient (Wildman–Crippen LogP) is 2.75. The van der Waals surface area contributed by atoms with E-state index >= 15 is 0 Å². The van der Waals surface area contributed by atoms with Crippen molar-refractivity contribution >= 4 is 26.7 Å². The zero-order chi connectivity index (χ0) is 20.7. The van der Waals surface area contributed by atoms with Gasteiger partial charge in [0.15, 0.2) is 0 Å². The van der Waals surface area contributed by atoms with Crippen LogP contribution in [0.15, 0.2) is 47.4 Å². The smallest absolute Gasteiger partial charge is 0.240 e. The van der Waals surface area contributed by atoms with Gasteiger partial charge in [-0.1, -0.05) is 37.3 Å². The molecular weight excluding hydrogens is 386 g/mol. The number of rotatable bonds is 9. The van der Waals surface area contributed by atoms with Crippen LogP contribution in [0.4, 0.5) is 0 Å². The van der Waals surface area contributed by atoms with Gasteiger partial charge in [0.25, 0.3) is 0 Å². The Bertz CT molecular complexity index is 922. The zero-order valence-electron chi connectivity index (χ0n) is 17.1. The second-order valence-corrected chi connectivity index (χ2v) is 9.65. The number of nitrogens with one attached hydrogen (secondary N) is 2. The van der Waals surface area contributed by atoms with Crippen LogP contribution in [0.5, 0.6) is 0 Å². The van der Waals surface area contributed by atoms with Crippen molar-refractivity contribution < 1.29 is 13.2 Å². The third-order valence-corrected chi connectivity index (χ3v) is 6.98. The molecule has 7 heteroatoms. The Morgan fingerprint density at radius 1 is 1.07 bits per heavy atom. The molecule has 1 amide bonds. The standard InChI is InChI=1S/C22H31N3O3S/c1-18-10-15-25(16-11-18)14-4-12-23-22(26)9-13-24-29(27,28)21-8-7-19-5-2-3-6-20(19)17-21/h2-3,5-8,17-18,24H,4,9-16H2,1H3,(H,23,26). The quantitative estimate of drug-likeness (QED) is 0.615. The highest BCUT2D eigenvalue weighted by molar-refractivity contribution is 7.89. The normalized spacial score (nSPS) is 16.2. The number of likely N-dealkylation sites (tertiary alicyclic amines) is 1. The van der Waals surface area contributed by atoms with Crippen LogP contribution in [-0.4, -0.2) is 51.9 Å². The molecule has 2 aromatic rings. The minimum absolute atomic E-state index is 0.0883. The molecule has 0 aromatic heterocycles. The predicted molar refractivity (Wildman–Crippen MR) is 116 cm³/mol. The Kier molecular flexibility index (Phi) is 7.64. The number of amides is 1. The average molecular weight is 418 g/mol. The minimum Gasteiger partial charge on any atom is -0.356 e. The van der Waals surface area contributed by atoms with Crippen LogP contribution in [0.1, 0.15) is 32.6 Å². The molecule has 1 aliphatic heterocycles. The van der Waals surface area contributed by atoms with Gasteiger partial charge in [-0.05, 0) is 67.7 Å². The molecule has 29 heavy (non-hydrogen) atoms. The summed E-state index contributed by atoms with van der Waals surface area (Å²) in [5.74, 6) is 0.697. The summed E-state index contributed by atoms with van der Waals surface area (Å²) in [5.41, 5.74) is 0. The summed E-state index contributed by atoms with van der Waals surface area (Å²) in [4.78, 5) is 14.6. The summed E-state index contributed by atoms with van der Waals surface area (Å²) < 4.78 is 27.5. The number of carbonyl (C=O) groups is 1. The molecule has 6 nitrogen and oxygen atoms in total. The highest BCUT2D eigenvalue weighted by atomic mass is 32.2. The summed E-state index contributed by atoms with van der Waals surface area (Å²) in [7, 11) is -3.63. The van der Waals surface area contributed by atoms with Crippen LogP contribution in [-0.2, 0) is 14.8 Å². The third kappa shape index (κ3) is 6.52. The Morgan fingerprint density at radius 2 is 1.79 bits per heavy atom. The van der Waals surface area contributed by atoms with Crippen molar-refractivity contribution in [3.63, 3.8) is 0 Å². The molecule has 1 fully saturated rings. The highest BCUT2D eigenvalue weighted by Crippen LogP contribution is 2.19. The Balaban J connectivity index is 1.36. The van der Waals surface area contributed by atoms with Crippen molar-refractivity contribution in [3.05, 3.63) is 42.5 Å². The van der Waals surface area contributed by atoms with E-state index < -0.39 is 10.0 Å². The maximum Gasteiger partial charge on any atom is 0.240 e. The molecule has 1 heterocycles. The molecule has 0 saturated carbocycles. The summed E-state index contributed by atoms with van der Waals surface area (Å²) in [6, 6.07) is 12.6. The Labute approximate surface area is 173 Å². The SMILES string of the molecule is CC1CCN(CCCNC(=O)CCNS(=O)(=O)c2ccc3ccccc3c2)CC1. The van der Waals surface area contributed by atoms with Gasteiger partial charge in [-0.2, -0.15) is 0 Å². The Hall–Kier alpha value is -1.96. The van der Waals surface area contributed by atoms with Crippen molar-refractivity contribution in [3.8, 4) is 0 Å². The Morgan fingerprint density at radius 3 is 2.55 bits per heavy atom. The number of benzene rings is 2. The van der Waals surface area contributed by atoms with Crippen LogP contribution < -0.4 is 10.0 Å². The van der Waals surface area contributed by atoms with Gasteiger partial charge in [0.1, 0.15) is 0 Å². The van der Waals surface area contributed by atoms with Gasteiger partial charge < -0.3 is 10.2 Å². The lowest BCUT2D eigenvalue weighted by Crippen LogP contribution is -2.36. The van der Waals surface area contributed by atoms with E-state index in [0.29, 0.717) is 6.54 Å². The van der Waals surface area contributed by atoms with Crippen molar-refractivity contribution in [2.24, 2.45) is 5.92 Å². The van der Waals surface area contributed by atoms with Gasteiger partial charge in [-0.25, -0.2) is 13.1 Å². The van der Waals surface area contributed by atoms with Gasteiger partial charge >= 0.3 is 0 Å². The van der Waals surface area contributed by atoms with Crippen LogP contribution in [0.3, 0.4) is 0 Å². The molecule has 158 valence electrons. The lowest BCUT2D eigenvalue weighted by atomic mass is 9.99. The largest absolute Gasteiger partial charge is 0.356 e. The first-order valence-corrected chi connectivity index (χ1v) is 11.9. The van der Waals surface area contributed by atoms with E-state index in [-0.39, 0.29) is 23.8 Å². The summed E-state index contributed by atoms with van der Waals surface area (Å²) in [6.45, 7) is 6.30. The van der Waals surface area contributed by atoms with Crippen molar-refractivity contribution in [1.82, 2.24) is 14.9 Å². The number of piperidine rings is 1. The van der Waals surface area contributed by atoms with Crippen molar-refractivity contribution in [1.29, 1.82) is 0 Å². The maximum atomic E-state index is 12.5. The molecule has 1 saturated heterocycles. The molecular formula is C22H31N3O3S. The fourth-order valence-electron chi connectivity index (χ4n) is 3.62. The first-order valence-electron chi connectivity index (χ1n) is 10.4. The fraction of sp³-hybridized carbons (Fsp3) is 0.500. The molecule has 2 aromatic carbocycles. The number of nitrogens with zero attached hydrogens (tertiary/aromatic N) is 1. The number of hydrogen-bond acceptors (Lipinski definition) is 4. The first-order chi connectivity index (χ1) is 13.9. The van der Waals surface area contributed by atoms with Gasteiger partial charge in [0.05, 0.1) is 4.90 Å². The molecule has 1 aliphatic rings. The van der Waals surface area contributed by atoms with E-state index in [9.17, 15) is 13.2 Å². The van der Waals surface area contributed by atoms with E-state index in [0.717, 1.165) is 42.7 Å². The maximum absolute atomic E-state index is 12.5. The monoisotopic (exact) mass is 417 g/mol. The molecule has 0 spiro atoms. The number of carbonyl (C=O) groups excluding carboxylic acids is 1. The van der Waals surface area contributed by atoms with E-state index in [2.05, 4.69) is 21.9 Å². The van der Waals surface area contributed by atoms with Crippen molar-refractivity contribution in [2.45, 2.75) is 37.5 Å². The zero-order valence-corrected chi connectivity index (χ0v) is 17.9. The topological polar surface area (TPSA) is 78.5 Å². The summed E-state index contributed by atoms with van der Waals surface area (Å²) in [6.07, 6.45) is 3.56. The van der Waals surface area contributed by atoms with E-state index in [1.54, 1.807) is 18.2 Å². The molecule has 0 bridgehead atoms. The first kappa shape index (κ1) is 21.7. The van der Waals surface area contributed by atoms with Gasteiger partial charge in [0, 0.05) is 19.5 Å². The second kappa shape index (κ2) is 10.2. The fourth-order valence-corrected chi connectivity index (χ4v) is 4.69. The van der Waals surface area contributed by atoms with Gasteiger partial charge in [-0.15, -0.1) is 0 Å². The van der Waals surface area contributed by atoms with Crippen LogP contribution in [0.2, 0.25) is 0 Å². The lowest BCUT2D eigenvalue weighted by molar-refractivity contribution is -0.120.